The number of halogens is 1. The smallest absolute Gasteiger partial charge is 0.146 e. The van der Waals surface area contributed by atoms with Crippen molar-refractivity contribution in [1.29, 1.82) is 0 Å². The fraction of sp³-hybridized carbons (Fsp3) is 0. The second kappa shape index (κ2) is 3.43. The number of anilines is 1. The largest absolute Gasteiger partial charge is 0.382 e. The van der Waals surface area contributed by atoms with Crippen LogP contribution in [0.3, 0.4) is 0 Å². The van der Waals surface area contributed by atoms with E-state index in [9.17, 15) is 0 Å². The molecular formula is C8H6BrN3S. The summed E-state index contributed by atoms with van der Waals surface area (Å²) in [5.41, 5.74) is 6.28. The van der Waals surface area contributed by atoms with Crippen LogP contribution in [-0.4, -0.2) is 10.2 Å². The minimum absolute atomic E-state index is 0.444. The lowest BCUT2D eigenvalue weighted by molar-refractivity contribution is 1.05. The van der Waals surface area contributed by atoms with Gasteiger partial charge in [-0.15, -0.1) is 21.5 Å². The highest BCUT2D eigenvalue weighted by Crippen LogP contribution is 2.27. The summed E-state index contributed by atoms with van der Waals surface area (Å²) in [5, 5.41) is 9.77. The van der Waals surface area contributed by atoms with Gasteiger partial charge in [-0.1, -0.05) is 0 Å². The van der Waals surface area contributed by atoms with Crippen LogP contribution in [0.2, 0.25) is 0 Å². The number of thiophene rings is 1. The van der Waals surface area contributed by atoms with Crippen LogP contribution in [0.25, 0.3) is 10.6 Å². The lowest BCUT2D eigenvalue weighted by Crippen LogP contribution is -1.92. The van der Waals surface area contributed by atoms with Crippen LogP contribution in [0.5, 0.6) is 0 Å². The first kappa shape index (κ1) is 8.65. The number of nitrogens with zero attached hydrogens (tertiary/aromatic N) is 2. The average molecular weight is 256 g/mol. The van der Waals surface area contributed by atoms with Gasteiger partial charge in [0, 0.05) is 9.85 Å². The third-order valence-electron chi connectivity index (χ3n) is 1.51. The third-order valence-corrected chi connectivity index (χ3v) is 3.22. The predicted octanol–water partition coefficient (Wildman–Crippen LogP) is 2.55. The Balaban J connectivity index is 2.41. The molecule has 0 bridgehead atoms. The van der Waals surface area contributed by atoms with Crippen LogP contribution in [0.15, 0.2) is 28.1 Å². The highest BCUT2D eigenvalue weighted by molar-refractivity contribution is 9.10. The van der Waals surface area contributed by atoms with Gasteiger partial charge in [-0.05, 0) is 34.1 Å². The third kappa shape index (κ3) is 1.87. The number of nitrogen functional groups attached to an aromatic ring is 1. The van der Waals surface area contributed by atoms with Crippen LogP contribution in [-0.2, 0) is 0 Å². The SMILES string of the molecule is Nc1ccc(-c2cc(Br)cs2)nn1. The van der Waals surface area contributed by atoms with Gasteiger partial charge in [0.15, 0.2) is 0 Å². The Bertz CT molecular complexity index is 410. The molecule has 0 aliphatic rings. The molecule has 0 radical (unpaired) electrons. The zero-order valence-corrected chi connectivity index (χ0v) is 8.97. The molecule has 0 aliphatic heterocycles. The Morgan fingerprint density at radius 1 is 1.31 bits per heavy atom. The summed E-state index contributed by atoms with van der Waals surface area (Å²) < 4.78 is 1.06. The van der Waals surface area contributed by atoms with Gasteiger partial charge in [-0.25, -0.2) is 0 Å². The molecule has 0 saturated carbocycles. The maximum Gasteiger partial charge on any atom is 0.146 e. The van der Waals surface area contributed by atoms with Crippen LogP contribution >= 0.6 is 27.3 Å². The van der Waals surface area contributed by atoms with Crippen molar-refractivity contribution in [2.75, 3.05) is 5.73 Å². The van der Waals surface area contributed by atoms with Gasteiger partial charge in [0.2, 0.25) is 0 Å². The molecule has 2 aromatic rings. The predicted molar refractivity (Wildman–Crippen MR) is 57.5 cm³/mol. The standard InChI is InChI=1S/C8H6BrN3S/c9-5-3-7(13-4-5)6-1-2-8(10)12-11-6/h1-4H,(H2,10,12). The van der Waals surface area contributed by atoms with Crippen LogP contribution in [0, 0.1) is 0 Å². The highest BCUT2D eigenvalue weighted by atomic mass is 79.9. The van der Waals surface area contributed by atoms with Crippen LogP contribution < -0.4 is 5.73 Å². The van der Waals surface area contributed by atoms with E-state index >= 15 is 0 Å². The van der Waals surface area contributed by atoms with Gasteiger partial charge in [0.05, 0.1) is 4.88 Å². The molecule has 0 aliphatic carbocycles. The maximum absolute atomic E-state index is 5.43. The molecule has 0 unspecified atom stereocenters. The van der Waals surface area contributed by atoms with E-state index in [2.05, 4.69) is 26.1 Å². The minimum Gasteiger partial charge on any atom is -0.382 e. The summed E-state index contributed by atoms with van der Waals surface area (Å²) in [6.07, 6.45) is 0. The molecule has 5 heteroatoms. The normalized spacial score (nSPS) is 10.2. The number of hydrogen-bond acceptors (Lipinski definition) is 4. The van der Waals surface area contributed by atoms with Gasteiger partial charge in [0.25, 0.3) is 0 Å². The number of rotatable bonds is 1. The molecule has 0 amide bonds. The van der Waals surface area contributed by atoms with E-state index in [1.54, 1.807) is 17.4 Å². The highest BCUT2D eigenvalue weighted by Gasteiger charge is 2.02. The molecular weight excluding hydrogens is 250 g/mol. The molecule has 0 atom stereocenters. The number of nitrogens with two attached hydrogens (primary N) is 1. The van der Waals surface area contributed by atoms with Crippen molar-refractivity contribution in [2.24, 2.45) is 0 Å². The number of aromatic nitrogens is 2. The molecule has 2 rings (SSSR count). The quantitative estimate of drug-likeness (QED) is 0.853. The van der Waals surface area contributed by atoms with E-state index < -0.39 is 0 Å². The summed E-state index contributed by atoms with van der Waals surface area (Å²) >= 11 is 5.00. The molecule has 0 spiro atoms. The Kier molecular flexibility index (Phi) is 2.28. The van der Waals surface area contributed by atoms with Crippen molar-refractivity contribution in [3.05, 3.63) is 28.1 Å². The zero-order valence-electron chi connectivity index (χ0n) is 6.57. The van der Waals surface area contributed by atoms with Crippen molar-refractivity contribution < 1.29 is 0 Å². The topological polar surface area (TPSA) is 51.8 Å². The van der Waals surface area contributed by atoms with Crippen LogP contribution in [0.4, 0.5) is 5.82 Å². The van der Waals surface area contributed by atoms with Gasteiger partial charge in [-0.2, -0.15) is 0 Å². The van der Waals surface area contributed by atoms with Crippen molar-refractivity contribution in [3.63, 3.8) is 0 Å². The maximum atomic E-state index is 5.43. The van der Waals surface area contributed by atoms with E-state index in [1.807, 2.05) is 17.5 Å². The Hall–Kier alpha value is -0.940. The van der Waals surface area contributed by atoms with Crippen molar-refractivity contribution in [3.8, 4) is 10.6 Å². The molecule has 0 fully saturated rings. The lowest BCUT2D eigenvalue weighted by atomic mass is 10.3. The Labute approximate surface area is 87.7 Å². The minimum atomic E-state index is 0.444. The summed E-state index contributed by atoms with van der Waals surface area (Å²) in [6.45, 7) is 0. The Morgan fingerprint density at radius 3 is 2.69 bits per heavy atom. The fourth-order valence-electron chi connectivity index (χ4n) is 0.921. The second-order valence-corrected chi connectivity index (χ2v) is 4.30. The molecule has 3 nitrogen and oxygen atoms in total. The first-order valence-corrected chi connectivity index (χ1v) is 5.26. The number of hydrogen-bond donors (Lipinski definition) is 1. The van der Waals surface area contributed by atoms with E-state index in [0.717, 1.165) is 15.0 Å². The van der Waals surface area contributed by atoms with Gasteiger partial charge < -0.3 is 5.73 Å². The van der Waals surface area contributed by atoms with E-state index in [1.165, 1.54) is 0 Å². The molecule has 0 aromatic carbocycles. The monoisotopic (exact) mass is 255 g/mol. The Morgan fingerprint density at radius 2 is 2.15 bits per heavy atom. The zero-order chi connectivity index (χ0) is 9.26. The van der Waals surface area contributed by atoms with Gasteiger partial charge >= 0.3 is 0 Å². The molecule has 2 heterocycles. The molecule has 2 N–H and O–H groups in total. The van der Waals surface area contributed by atoms with E-state index in [-0.39, 0.29) is 0 Å². The van der Waals surface area contributed by atoms with E-state index in [0.29, 0.717) is 5.82 Å². The second-order valence-electron chi connectivity index (χ2n) is 2.47. The average Bonchev–Trinajstić information content (AvgIpc) is 2.53. The summed E-state index contributed by atoms with van der Waals surface area (Å²) in [5.74, 6) is 0.444. The summed E-state index contributed by atoms with van der Waals surface area (Å²) in [4.78, 5) is 1.08. The van der Waals surface area contributed by atoms with Gasteiger partial charge in [-0.3, -0.25) is 0 Å². The first-order chi connectivity index (χ1) is 6.25. The molecule has 0 saturated heterocycles. The van der Waals surface area contributed by atoms with E-state index in [4.69, 9.17) is 5.73 Å². The summed E-state index contributed by atoms with van der Waals surface area (Å²) in [7, 11) is 0. The van der Waals surface area contributed by atoms with Crippen molar-refractivity contribution in [2.45, 2.75) is 0 Å². The van der Waals surface area contributed by atoms with Crippen molar-refractivity contribution in [1.82, 2.24) is 10.2 Å². The molecule has 13 heavy (non-hydrogen) atoms. The molecule has 66 valence electrons. The van der Waals surface area contributed by atoms with Crippen LogP contribution in [0.1, 0.15) is 0 Å². The van der Waals surface area contributed by atoms with Gasteiger partial charge in [0.1, 0.15) is 11.5 Å². The lowest BCUT2D eigenvalue weighted by Gasteiger charge is -1.94. The fourth-order valence-corrected chi connectivity index (χ4v) is 2.31. The summed E-state index contributed by atoms with van der Waals surface area (Å²) in [6, 6.07) is 5.61. The molecule has 2 aromatic heterocycles. The first-order valence-electron chi connectivity index (χ1n) is 3.59. The van der Waals surface area contributed by atoms with Crippen molar-refractivity contribution >= 4 is 33.1 Å².